The Morgan fingerprint density at radius 1 is 1.08 bits per heavy atom. The van der Waals surface area contributed by atoms with Crippen molar-refractivity contribution in [1.82, 2.24) is 10.2 Å². The van der Waals surface area contributed by atoms with E-state index in [-0.39, 0.29) is 42.1 Å². The SMILES string of the molecule is CCC(=O)C(CCC(C)C)C(C)(C)CN(C=P\C=C(C)/C=C/C=C(C)\C=C\C1=C(C)CCCC1(C)C)CCCNC(=O)C(O)C(O)C(O[C@@H]1OC[C@H](O)CC1O)C(O)CO.CO. The number of nitrogens with zero attached hydrogens (tertiary/aromatic N) is 1. The molecule has 2 rings (SSSR count). The van der Waals surface area contributed by atoms with E-state index in [1.165, 1.54) is 29.6 Å². The second-order valence-corrected chi connectivity index (χ2v) is 19.4. The van der Waals surface area contributed by atoms with Crippen LogP contribution in [0.2, 0.25) is 0 Å². The number of Topliss-reactive ketones (excluding diaryl/α,β-unsaturated/α-hetero) is 1. The van der Waals surface area contributed by atoms with Crippen molar-refractivity contribution in [1.29, 1.82) is 0 Å². The van der Waals surface area contributed by atoms with Gasteiger partial charge in [-0.25, -0.2) is 0 Å². The lowest BCUT2D eigenvalue weighted by molar-refractivity contribution is -0.280. The van der Waals surface area contributed by atoms with Crippen LogP contribution in [-0.4, -0.2) is 141 Å². The van der Waals surface area contributed by atoms with Crippen molar-refractivity contribution < 1.29 is 54.8 Å². The van der Waals surface area contributed by atoms with Gasteiger partial charge < -0.3 is 50.5 Å². The van der Waals surface area contributed by atoms with Gasteiger partial charge in [0.05, 0.1) is 19.3 Å². The molecule has 14 heteroatoms. The third-order valence-corrected chi connectivity index (χ3v) is 12.6. The summed E-state index contributed by atoms with van der Waals surface area (Å²) in [6, 6.07) is 0. The number of rotatable bonds is 25. The normalized spacial score (nSPS) is 22.9. The summed E-state index contributed by atoms with van der Waals surface area (Å²) in [5, 5.41) is 71.1. The minimum atomic E-state index is -2.04. The van der Waals surface area contributed by atoms with Crippen LogP contribution >= 0.6 is 8.20 Å². The van der Waals surface area contributed by atoms with E-state index < -0.39 is 55.4 Å². The van der Waals surface area contributed by atoms with Gasteiger partial charge in [-0.05, 0) is 86.6 Å². The summed E-state index contributed by atoms with van der Waals surface area (Å²) in [4.78, 5) is 28.4. The molecule has 6 unspecified atom stereocenters. The zero-order valence-electron chi connectivity index (χ0n) is 39.6. The lowest BCUT2D eigenvalue weighted by Gasteiger charge is -2.37. The van der Waals surface area contributed by atoms with Gasteiger partial charge in [-0.3, -0.25) is 14.5 Å². The fourth-order valence-corrected chi connectivity index (χ4v) is 8.73. The number of aliphatic hydroxyl groups excluding tert-OH is 7. The van der Waals surface area contributed by atoms with E-state index in [9.17, 15) is 40.2 Å². The lowest BCUT2D eigenvalue weighted by Crippen LogP contribution is -2.56. The van der Waals surface area contributed by atoms with Crippen LogP contribution in [-0.2, 0) is 19.1 Å². The standard InChI is InChI=1S/C47H79N2O10P.CH4O/c1-11-38(52)37(20-18-31(2)3)47(9,10)29-49(30-60-28-33(5)16-12-15-32(4)19-21-36-34(6)17-13-22-46(36,7)8)24-14-23-48-44(57)42(56)41(55)43(40(54)26-50)59-45-39(53)25-35(51)27-58-45;1-2/h12,15-16,19,21,28,30-31,35,37,39-43,45,50-51,53-56H,11,13-14,17-18,20,22-27,29H2,1-10H3,(H,48,57);2H,1H3/b16-12+,21-19+,32-15-,33-28-;/t35-,37?,39?,40?,41?,42?,43?,45+;/m1./s1. The van der Waals surface area contributed by atoms with Crippen LogP contribution in [0.25, 0.3) is 0 Å². The molecule has 0 bridgehead atoms. The van der Waals surface area contributed by atoms with Crippen molar-refractivity contribution in [2.24, 2.45) is 22.7 Å². The Morgan fingerprint density at radius 2 is 1.76 bits per heavy atom. The first-order chi connectivity index (χ1) is 29.1. The minimum absolute atomic E-state index is 0.0791. The van der Waals surface area contributed by atoms with Gasteiger partial charge in [-0.15, -0.1) is 0 Å². The van der Waals surface area contributed by atoms with E-state index in [4.69, 9.17) is 14.6 Å². The zero-order valence-corrected chi connectivity index (χ0v) is 40.5. The van der Waals surface area contributed by atoms with Crippen LogP contribution in [0.5, 0.6) is 0 Å². The average molecular weight is 895 g/mol. The summed E-state index contributed by atoms with van der Waals surface area (Å²) in [7, 11) is 1.95. The number of aliphatic hydroxyl groups is 7. The largest absolute Gasteiger partial charge is 0.400 e. The molecular formula is C48H83N2O11P. The van der Waals surface area contributed by atoms with Crippen molar-refractivity contribution in [2.45, 2.75) is 164 Å². The Balaban J connectivity index is 0.00000946. The van der Waals surface area contributed by atoms with Crippen LogP contribution in [0.15, 0.2) is 58.5 Å². The highest BCUT2D eigenvalue weighted by Gasteiger charge is 2.41. The number of ether oxygens (including phenoxy) is 2. The van der Waals surface area contributed by atoms with Crippen LogP contribution in [0.1, 0.15) is 121 Å². The first-order valence-corrected chi connectivity index (χ1v) is 23.4. The molecule has 0 aromatic heterocycles. The molecule has 13 nitrogen and oxygen atoms in total. The maximum absolute atomic E-state index is 13.3. The van der Waals surface area contributed by atoms with Crippen molar-refractivity contribution in [2.75, 3.05) is 40.0 Å². The van der Waals surface area contributed by atoms with Gasteiger partial charge in [-0.2, -0.15) is 0 Å². The fourth-order valence-electron chi connectivity index (χ4n) is 7.96. The molecule has 0 aromatic rings. The van der Waals surface area contributed by atoms with Crippen molar-refractivity contribution in [3.8, 4) is 0 Å². The molecule has 8 atom stereocenters. The number of hydrogen-bond acceptors (Lipinski definition) is 11. The predicted molar refractivity (Wildman–Crippen MR) is 249 cm³/mol. The molecule has 1 amide bonds. The Labute approximate surface area is 374 Å². The van der Waals surface area contributed by atoms with Gasteiger partial charge in [0.2, 0.25) is 0 Å². The molecule has 0 aromatic carbocycles. The molecule has 1 fully saturated rings. The summed E-state index contributed by atoms with van der Waals surface area (Å²) in [5.74, 6) is 3.93. The first kappa shape index (κ1) is 57.6. The zero-order chi connectivity index (χ0) is 47.2. The maximum Gasteiger partial charge on any atom is 0.251 e. The second kappa shape index (κ2) is 29.2. The first-order valence-electron chi connectivity index (χ1n) is 22.3. The third-order valence-electron chi connectivity index (χ3n) is 11.6. The summed E-state index contributed by atoms with van der Waals surface area (Å²) in [6.07, 6.45) is 5.99. The highest BCUT2D eigenvalue weighted by atomic mass is 31.1. The Bertz CT molecular complexity index is 1540. The number of amides is 1. The van der Waals surface area contributed by atoms with Crippen molar-refractivity contribution >= 4 is 25.8 Å². The van der Waals surface area contributed by atoms with Crippen LogP contribution in [0.3, 0.4) is 0 Å². The van der Waals surface area contributed by atoms with E-state index in [1.54, 1.807) is 0 Å². The highest BCUT2D eigenvalue weighted by Crippen LogP contribution is 2.41. The smallest absolute Gasteiger partial charge is 0.251 e. The monoisotopic (exact) mass is 895 g/mol. The topological polar surface area (TPSA) is 209 Å². The Kier molecular flexibility index (Phi) is 27.1. The molecular weight excluding hydrogens is 812 g/mol. The molecule has 0 saturated carbocycles. The number of ketones is 1. The lowest BCUT2D eigenvalue weighted by atomic mass is 9.72. The second-order valence-electron chi connectivity index (χ2n) is 18.6. The van der Waals surface area contributed by atoms with Gasteiger partial charge in [0.1, 0.15) is 30.2 Å². The van der Waals surface area contributed by atoms with E-state index in [0.29, 0.717) is 31.8 Å². The molecule has 0 spiro atoms. The van der Waals surface area contributed by atoms with Crippen molar-refractivity contribution in [3.63, 3.8) is 0 Å². The Hall–Kier alpha value is -2.39. The number of nitrogens with one attached hydrogen (secondary N) is 1. The number of carbonyl (C=O) groups is 2. The van der Waals surface area contributed by atoms with E-state index in [1.807, 2.05) is 6.92 Å². The summed E-state index contributed by atoms with van der Waals surface area (Å²) >= 11 is 0. The third kappa shape index (κ3) is 20.2. The summed E-state index contributed by atoms with van der Waals surface area (Å²) in [6.45, 7) is 21.9. The summed E-state index contributed by atoms with van der Waals surface area (Å²) < 4.78 is 10.8. The molecule has 356 valence electrons. The number of allylic oxidation sites excluding steroid dienone is 9. The fraction of sp³-hybridized carbons (Fsp3) is 0.729. The molecule has 8 N–H and O–H groups in total. The molecule has 2 aliphatic rings. The van der Waals surface area contributed by atoms with E-state index >= 15 is 0 Å². The van der Waals surface area contributed by atoms with Crippen molar-refractivity contribution in [3.05, 3.63) is 58.5 Å². The van der Waals surface area contributed by atoms with Gasteiger partial charge >= 0.3 is 0 Å². The highest BCUT2D eigenvalue weighted by molar-refractivity contribution is 7.41. The maximum atomic E-state index is 13.3. The van der Waals surface area contributed by atoms with Gasteiger partial charge in [0, 0.05) is 51.4 Å². The molecule has 0 radical (unpaired) electrons. The predicted octanol–water partition coefficient (Wildman–Crippen LogP) is 5.58. The van der Waals surface area contributed by atoms with Crippen LogP contribution < -0.4 is 5.32 Å². The summed E-state index contributed by atoms with van der Waals surface area (Å²) in [5.41, 5.74) is 5.05. The Morgan fingerprint density at radius 3 is 2.35 bits per heavy atom. The molecule has 1 aliphatic carbocycles. The van der Waals surface area contributed by atoms with Gasteiger partial charge in [0.15, 0.2) is 12.4 Å². The average Bonchev–Trinajstić information content (AvgIpc) is 3.21. The van der Waals surface area contributed by atoms with E-state index in [0.717, 1.165) is 40.1 Å². The minimum Gasteiger partial charge on any atom is -0.400 e. The molecule has 1 heterocycles. The van der Waals surface area contributed by atoms with Gasteiger partial charge in [-0.1, -0.05) is 105 Å². The molecule has 1 saturated heterocycles. The molecule has 62 heavy (non-hydrogen) atoms. The van der Waals surface area contributed by atoms with E-state index in [2.05, 4.69) is 115 Å². The van der Waals surface area contributed by atoms with Gasteiger partial charge in [0.25, 0.3) is 5.91 Å². The quantitative estimate of drug-likeness (QED) is 0.0321. The number of hydrogen-bond donors (Lipinski definition) is 8. The van der Waals surface area contributed by atoms with Crippen LogP contribution in [0, 0.1) is 22.7 Å². The van der Waals surface area contributed by atoms with Crippen LogP contribution in [0.4, 0.5) is 0 Å². The number of carbonyl (C=O) groups excluding carboxylic acids is 2. The molecule has 1 aliphatic heterocycles.